The van der Waals surface area contributed by atoms with Gasteiger partial charge in [-0.05, 0) is 56.5 Å². The van der Waals surface area contributed by atoms with Crippen molar-refractivity contribution < 1.29 is 9.47 Å². The zero-order chi connectivity index (χ0) is 13.4. The largest absolute Gasteiger partial charge is 0.454 e. The number of fused-ring (bicyclic) bond motifs is 1. The van der Waals surface area contributed by atoms with Gasteiger partial charge >= 0.3 is 0 Å². The monoisotopic (exact) mass is 273 g/mol. The average Bonchev–Trinajstić information content (AvgIpc) is 3.18. The molecule has 0 atom stereocenters. The lowest BCUT2D eigenvalue weighted by atomic mass is 9.75. The summed E-state index contributed by atoms with van der Waals surface area (Å²) in [6, 6.07) is 6.62. The van der Waals surface area contributed by atoms with E-state index in [0.29, 0.717) is 6.79 Å². The van der Waals surface area contributed by atoms with Crippen LogP contribution >= 0.6 is 0 Å². The highest BCUT2D eigenvalue weighted by molar-refractivity contribution is 5.46. The van der Waals surface area contributed by atoms with E-state index in [2.05, 4.69) is 23.1 Å². The van der Waals surface area contributed by atoms with E-state index in [1.807, 2.05) is 0 Å². The molecule has 1 aromatic carbocycles. The lowest BCUT2D eigenvalue weighted by Gasteiger charge is -2.45. The van der Waals surface area contributed by atoms with E-state index in [1.165, 1.54) is 63.6 Å². The van der Waals surface area contributed by atoms with Crippen LogP contribution in [0.5, 0.6) is 11.5 Å². The van der Waals surface area contributed by atoms with Crippen molar-refractivity contribution in [3.63, 3.8) is 0 Å². The minimum Gasteiger partial charge on any atom is -0.454 e. The van der Waals surface area contributed by atoms with Crippen molar-refractivity contribution in [3.05, 3.63) is 23.8 Å². The van der Waals surface area contributed by atoms with Crippen LogP contribution in [0.2, 0.25) is 0 Å². The van der Waals surface area contributed by atoms with Gasteiger partial charge in [-0.15, -0.1) is 0 Å². The molecule has 0 unspecified atom stereocenters. The van der Waals surface area contributed by atoms with Gasteiger partial charge in [0.05, 0.1) is 0 Å². The molecule has 0 N–H and O–H groups in total. The van der Waals surface area contributed by atoms with E-state index in [1.54, 1.807) is 0 Å². The lowest BCUT2D eigenvalue weighted by molar-refractivity contribution is 0.0703. The molecule has 1 saturated carbocycles. The number of likely N-dealkylation sites (tertiary alicyclic amines) is 1. The van der Waals surface area contributed by atoms with E-state index >= 15 is 0 Å². The van der Waals surface area contributed by atoms with E-state index < -0.39 is 0 Å². The Bertz CT molecular complexity index is 488. The van der Waals surface area contributed by atoms with Gasteiger partial charge in [0, 0.05) is 5.54 Å². The van der Waals surface area contributed by atoms with Crippen molar-refractivity contribution in [2.75, 3.05) is 19.9 Å². The Morgan fingerprint density at radius 2 is 1.60 bits per heavy atom. The molecule has 0 radical (unpaired) electrons. The van der Waals surface area contributed by atoms with Gasteiger partial charge < -0.3 is 9.47 Å². The molecule has 2 heterocycles. The summed E-state index contributed by atoms with van der Waals surface area (Å²) in [5.41, 5.74) is 1.71. The Hall–Kier alpha value is -1.22. The summed E-state index contributed by atoms with van der Waals surface area (Å²) in [6.45, 7) is 2.89. The first-order valence-corrected chi connectivity index (χ1v) is 8.04. The van der Waals surface area contributed by atoms with Gasteiger partial charge in [-0.1, -0.05) is 25.3 Å². The van der Waals surface area contributed by atoms with Gasteiger partial charge in [-0.3, -0.25) is 4.90 Å². The zero-order valence-corrected chi connectivity index (χ0v) is 12.1. The predicted octanol–water partition coefficient (Wildman–Crippen LogP) is 3.67. The molecule has 3 heteroatoms. The highest BCUT2D eigenvalue weighted by Gasteiger charge is 2.41. The van der Waals surface area contributed by atoms with Crippen LogP contribution in [0.4, 0.5) is 0 Å². The molecule has 2 aliphatic heterocycles. The highest BCUT2D eigenvalue weighted by Crippen LogP contribution is 2.46. The molecule has 3 aliphatic rings. The molecular weight excluding hydrogens is 250 g/mol. The quantitative estimate of drug-likeness (QED) is 0.820. The molecule has 4 rings (SSSR count). The van der Waals surface area contributed by atoms with Crippen molar-refractivity contribution in [1.82, 2.24) is 4.90 Å². The first kappa shape index (κ1) is 12.5. The summed E-state index contributed by atoms with van der Waals surface area (Å²) < 4.78 is 11.1. The number of ether oxygens (including phenoxy) is 2. The van der Waals surface area contributed by atoms with E-state index in [-0.39, 0.29) is 5.54 Å². The van der Waals surface area contributed by atoms with Gasteiger partial charge in [0.15, 0.2) is 11.5 Å². The van der Waals surface area contributed by atoms with Crippen LogP contribution in [0.25, 0.3) is 0 Å². The molecule has 3 nitrogen and oxygen atoms in total. The van der Waals surface area contributed by atoms with Crippen LogP contribution in [-0.4, -0.2) is 24.8 Å². The maximum Gasteiger partial charge on any atom is 0.231 e. The van der Waals surface area contributed by atoms with E-state index in [0.717, 1.165) is 11.5 Å². The average molecular weight is 273 g/mol. The van der Waals surface area contributed by atoms with E-state index in [9.17, 15) is 0 Å². The Balaban J connectivity index is 1.73. The van der Waals surface area contributed by atoms with Gasteiger partial charge in [0.25, 0.3) is 0 Å². The molecule has 1 aliphatic carbocycles. The van der Waals surface area contributed by atoms with Gasteiger partial charge in [-0.2, -0.15) is 0 Å². The molecule has 2 fully saturated rings. The maximum atomic E-state index is 5.60. The second-order valence-electron chi connectivity index (χ2n) is 6.35. The fraction of sp³-hybridized carbons (Fsp3) is 0.647. The summed E-state index contributed by atoms with van der Waals surface area (Å²) in [7, 11) is 0. The Morgan fingerprint density at radius 1 is 0.850 bits per heavy atom. The van der Waals surface area contributed by atoms with Crippen LogP contribution in [-0.2, 0) is 5.54 Å². The molecule has 0 amide bonds. The SMILES string of the molecule is c1cc2c(cc1C1(N3CCCC3)CCCCC1)OCO2. The fourth-order valence-electron chi connectivity index (χ4n) is 4.26. The van der Waals surface area contributed by atoms with Crippen molar-refractivity contribution in [2.24, 2.45) is 0 Å². The number of hydrogen-bond donors (Lipinski definition) is 0. The molecule has 108 valence electrons. The molecular formula is C17H23NO2. The molecule has 20 heavy (non-hydrogen) atoms. The smallest absolute Gasteiger partial charge is 0.231 e. The molecule has 1 saturated heterocycles. The number of nitrogens with zero attached hydrogens (tertiary/aromatic N) is 1. The van der Waals surface area contributed by atoms with Crippen LogP contribution in [0.3, 0.4) is 0 Å². The molecule has 1 aromatic rings. The van der Waals surface area contributed by atoms with Gasteiger partial charge in [0.1, 0.15) is 0 Å². The minimum absolute atomic E-state index is 0.260. The van der Waals surface area contributed by atoms with Crippen LogP contribution in [0.1, 0.15) is 50.5 Å². The van der Waals surface area contributed by atoms with Gasteiger partial charge in [0.2, 0.25) is 6.79 Å². The first-order valence-electron chi connectivity index (χ1n) is 8.04. The second-order valence-corrected chi connectivity index (χ2v) is 6.35. The third-order valence-corrected chi connectivity index (χ3v) is 5.30. The summed E-state index contributed by atoms with van der Waals surface area (Å²) in [5, 5.41) is 0. The van der Waals surface area contributed by atoms with Crippen molar-refractivity contribution >= 4 is 0 Å². The van der Waals surface area contributed by atoms with Crippen LogP contribution in [0, 0.1) is 0 Å². The number of rotatable bonds is 2. The van der Waals surface area contributed by atoms with Crippen molar-refractivity contribution in [2.45, 2.75) is 50.5 Å². The highest BCUT2D eigenvalue weighted by atomic mass is 16.7. The molecule has 0 spiro atoms. The van der Waals surface area contributed by atoms with Crippen molar-refractivity contribution in [1.29, 1.82) is 0 Å². The third-order valence-electron chi connectivity index (χ3n) is 5.30. The third kappa shape index (κ3) is 1.91. The number of hydrogen-bond acceptors (Lipinski definition) is 3. The summed E-state index contributed by atoms with van der Waals surface area (Å²) in [4.78, 5) is 2.74. The Morgan fingerprint density at radius 3 is 2.40 bits per heavy atom. The van der Waals surface area contributed by atoms with Crippen LogP contribution < -0.4 is 9.47 Å². The first-order chi connectivity index (χ1) is 9.88. The topological polar surface area (TPSA) is 21.7 Å². The van der Waals surface area contributed by atoms with Gasteiger partial charge in [-0.25, -0.2) is 0 Å². The Kier molecular flexibility index (Phi) is 3.10. The zero-order valence-electron chi connectivity index (χ0n) is 12.1. The molecule has 0 aromatic heterocycles. The summed E-state index contributed by atoms with van der Waals surface area (Å²) >= 11 is 0. The molecule has 0 bridgehead atoms. The summed E-state index contributed by atoms with van der Waals surface area (Å²) in [5.74, 6) is 1.84. The summed E-state index contributed by atoms with van der Waals surface area (Å²) in [6.07, 6.45) is 9.40. The minimum atomic E-state index is 0.260. The number of benzene rings is 1. The van der Waals surface area contributed by atoms with Crippen LogP contribution in [0.15, 0.2) is 18.2 Å². The normalized spacial score (nSPS) is 25.0. The maximum absolute atomic E-state index is 5.60. The lowest BCUT2D eigenvalue weighted by Crippen LogP contribution is -2.46. The second kappa shape index (κ2) is 4.96. The standard InChI is InChI=1S/C17H23NO2/c1-2-8-17(9-3-1,18-10-4-5-11-18)14-6-7-15-16(12-14)20-13-19-15/h6-7,12H,1-5,8-11,13H2. The predicted molar refractivity (Wildman–Crippen MR) is 78.1 cm³/mol. The van der Waals surface area contributed by atoms with E-state index in [4.69, 9.17) is 9.47 Å². The fourth-order valence-corrected chi connectivity index (χ4v) is 4.26. The van der Waals surface area contributed by atoms with Crippen molar-refractivity contribution in [3.8, 4) is 11.5 Å². The Labute approximate surface area is 120 Å².